The van der Waals surface area contributed by atoms with E-state index in [-0.39, 0.29) is 5.56 Å². The predicted octanol–water partition coefficient (Wildman–Crippen LogP) is 2.46. The van der Waals surface area contributed by atoms with E-state index in [0.29, 0.717) is 6.54 Å². The third kappa shape index (κ3) is 3.25. The summed E-state index contributed by atoms with van der Waals surface area (Å²) < 4.78 is 27.3. The zero-order chi connectivity index (χ0) is 15.5. The minimum absolute atomic E-state index is 0.106. The van der Waals surface area contributed by atoms with Gasteiger partial charge in [0.1, 0.15) is 17.2 Å². The van der Waals surface area contributed by atoms with E-state index in [9.17, 15) is 13.6 Å². The molecule has 3 N–H and O–H groups in total. The molecule has 0 saturated heterocycles. The number of carbonyl (C=O) groups is 1. The number of carbonyl (C=O) groups excluding carboxylic acids is 1. The Kier molecular flexibility index (Phi) is 4.33. The third-order valence-corrected chi connectivity index (χ3v) is 3.45. The van der Waals surface area contributed by atoms with Crippen LogP contribution in [-0.2, 0) is 16.9 Å². The van der Waals surface area contributed by atoms with Gasteiger partial charge in [-0.2, -0.15) is 0 Å². The number of halogens is 2. The molecule has 3 nitrogen and oxygen atoms in total. The van der Waals surface area contributed by atoms with Crippen molar-refractivity contribution >= 4 is 5.91 Å². The van der Waals surface area contributed by atoms with Gasteiger partial charge < -0.3 is 5.73 Å². The Morgan fingerprint density at radius 2 is 1.86 bits per heavy atom. The molecular weight excluding hydrogens is 274 g/mol. The molecule has 0 spiro atoms. The van der Waals surface area contributed by atoms with Gasteiger partial charge in [0.15, 0.2) is 0 Å². The molecule has 2 aromatic rings. The van der Waals surface area contributed by atoms with E-state index in [1.807, 2.05) is 30.3 Å². The Morgan fingerprint density at radius 1 is 1.19 bits per heavy atom. The largest absolute Gasteiger partial charge is 0.368 e. The molecule has 0 saturated carbocycles. The predicted molar refractivity (Wildman–Crippen MR) is 76.2 cm³/mol. The van der Waals surface area contributed by atoms with Crippen LogP contribution in [0.4, 0.5) is 8.78 Å². The second kappa shape index (κ2) is 6.01. The van der Waals surface area contributed by atoms with Crippen LogP contribution < -0.4 is 11.1 Å². The summed E-state index contributed by atoms with van der Waals surface area (Å²) in [6.07, 6.45) is 0. The monoisotopic (exact) mass is 290 g/mol. The molecule has 0 aromatic heterocycles. The average Bonchev–Trinajstić information content (AvgIpc) is 2.48. The second-order valence-corrected chi connectivity index (χ2v) is 4.95. The van der Waals surface area contributed by atoms with Gasteiger partial charge >= 0.3 is 0 Å². The maximum Gasteiger partial charge on any atom is 0.242 e. The van der Waals surface area contributed by atoms with Crippen LogP contribution in [0.1, 0.15) is 18.1 Å². The summed E-state index contributed by atoms with van der Waals surface area (Å²) in [5.74, 6) is -2.08. The van der Waals surface area contributed by atoms with Gasteiger partial charge in [-0.3, -0.25) is 10.1 Å². The molecule has 0 bridgehead atoms. The van der Waals surface area contributed by atoms with Crippen LogP contribution in [0.15, 0.2) is 48.5 Å². The van der Waals surface area contributed by atoms with Crippen LogP contribution >= 0.6 is 0 Å². The highest BCUT2D eigenvalue weighted by atomic mass is 19.1. The highest BCUT2D eigenvalue weighted by Gasteiger charge is 2.35. The third-order valence-electron chi connectivity index (χ3n) is 3.45. The van der Waals surface area contributed by atoms with Crippen LogP contribution in [-0.4, -0.2) is 5.91 Å². The zero-order valence-electron chi connectivity index (χ0n) is 11.6. The summed E-state index contributed by atoms with van der Waals surface area (Å²) in [4.78, 5) is 11.8. The van der Waals surface area contributed by atoms with Gasteiger partial charge in [-0.1, -0.05) is 30.3 Å². The lowest BCUT2D eigenvalue weighted by Gasteiger charge is -2.28. The normalized spacial score (nSPS) is 13.7. The molecule has 1 atom stereocenters. The van der Waals surface area contributed by atoms with E-state index >= 15 is 0 Å². The van der Waals surface area contributed by atoms with Crippen LogP contribution in [0.3, 0.4) is 0 Å². The number of amides is 1. The van der Waals surface area contributed by atoms with E-state index in [4.69, 9.17) is 5.73 Å². The minimum atomic E-state index is -1.50. The Morgan fingerprint density at radius 3 is 2.48 bits per heavy atom. The van der Waals surface area contributed by atoms with Crippen molar-refractivity contribution in [2.75, 3.05) is 0 Å². The van der Waals surface area contributed by atoms with Crippen molar-refractivity contribution in [2.45, 2.75) is 19.0 Å². The molecule has 0 aliphatic carbocycles. The Hall–Kier alpha value is -2.27. The molecule has 2 aromatic carbocycles. The van der Waals surface area contributed by atoms with Crippen molar-refractivity contribution in [1.29, 1.82) is 0 Å². The molecule has 0 aliphatic rings. The van der Waals surface area contributed by atoms with Crippen molar-refractivity contribution in [1.82, 2.24) is 5.32 Å². The first-order valence-corrected chi connectivity index (χ1v) is 6.48. The SMILES string of the molecule is CC(NCc1ccccc1)(C(N)=O)c1cc(F)ccc1F. The van der Waals surface area contributed by atoms with Gasteiger partial charge in [0.05, 0.1) is 0 Å². The van der Waals surface area contributed by atoms with Gasteiger partial charge in [-0.25, -0.2) is 8.78 Å². The highest BCUT2D eigenvalue weighted by molar-refractivity contribution is 5.85. The lowest BCUT2D eigenvalue weighted by atomic mass is 9.90. The fraction of sp³-hybridized carbons (Fsp3) is 0.188. The number of benzene rings is 2. The molecule has 1 amide bonds. The van der Waals surface area contributed by atoms with E-state index in [0.717, 1.165) is 23.8 Å². The summed E-state index contributed by atoms with van der Waals surface area (Å²) in [5, 5.41) is 2.92. The maximum absolute atomic E-state index is 13.9. The Bertz CT molecular complexity index is 646. The van der Waals surface area contributed by atoms with E-state index in [1.54, 1.807) is 0 Å². The molecule has 0 heterocycles. The molecule has 0 fully saturated rings. The van der Waals surface area contributed by atoms with Crippen molar-refractivity contribution < 1.29 is 13.6 Å². The second-order valence-electron chi connectivity index (χ2n) is 4.95. The molecule has 0 radical (unpaired) electrons. The number of nitrogens with one attached hydrogen (secondary N) is 1. The molecule has 110 valence electrons. The molecule has 1 unspecified atom stereocenters. The number of nitrogens with two attached hydrogens (primary N) is 1. The summed E-state index contributed by atoms with van der Waals surface area (Å²) in [5.41, 5.74) is 4.70. The summed E-state index contributed by atoms with van der Waals surface area (Å²) in [7, 11) is 0. The van der Waals surface area contributed by atoms with Crippen LogP contribution in [0.25, 0.3) is 0 Å². The van der Waals surface area contributed by atoms with Gasteiger partial charge in [-0.05, 0) is 30.7 Å². The first-order chi connectivity index (χ1) is 9.93. The molecular formula is C16H16F2N2O. The maximum atomic E-state index is 13.9. The summed E-state index contributed by atoms with van der Waals surface area (Å²) in [6.45, 7) is 1.74. The highest BCUT2D eigenvalue weighted by Crippen LogP contribution is 2.25. The van der Waals surface area contributed by atoms with Crippen LogP contribution in [0.5, 0.6) is 0 Å². The first kappa shape index (κ1) is 15.1. The number of rotatable bonds is 5. The smallest absolute Gasteiger partial charge is 0.242 e. The fourth-order valence-electron chi connectivity index (χ4n) is 2.07. The Balaban J connectivity index is 2.32. The minimum Gasteiger partial charge on any atom is -0.368 e. The first-order valence-electron chi connectivity index (χ1n) is 6.48. The topological polar surface area (TPSA) is 55.1 Å². The molecule has 0 aliphatic heterocycles. The molecule has 5 heteroatoms. The standard InChI is InChI=1S/C16H16F2N2O/c1-16(15(19)21,13-9-12(17)7-8-14(13)18)20-10-11-5-3-2-4-6-11/h2-9,20H,10H2,1H3,(H2,19,21). The van der Waals surface area contributed by atoms with Crippen LogP contribution in [0.2, 0.25) is 0 Å². The lowest BCUT2D eigenvalue weighted by Crippen LogP contribution is -2.50. The van der Waals surface area contributed by atoms with Crippen molar-refractivity contribution in [3.63, 3.8) is 0 Å². The number of hydrogen-bond donors (Lipinski definition) is 2. The van der Waals surface area contributed by atoms with Crippen LogP contribution in [0, 0.1) is 11.6 Å². The number of primary amides is 1. The molecule has 2 rings (SSSR count). The van der Waals surface area contributed by atoms with Crippen molar-refractivity contribution in [2.24, 2.45) is 5.73 Å². The van der Waals surface area contributed by atoms with E-state index in [1.165, 1.54) is 6.92 Å². The van der Waals surface area contributed by atoms with Crippen molar-refractivity contribution in [3.05, 3.63) is 71.3 Å². The zero-order valence-corrected chi connectivity index (χ0v) is 11.6. The summed E-state index contributed by atoms with van der Waals surface area (Å²) >= 11 is 0. The van der Waals surface area contributed by atoms with E-state index < -0.39 is 23.1 Å². The fourth-order valence-corrected chi connectivity index (χ4v) is 2.07. The number of hydrogen-bond acceptors (Lipinski definition) is 2. The van der Waals surface area contributed by atoms with Crippen molar-refractivity contribution in [3.8, 4) is 0 Å². The van der Waals surface area contributed by atoms with Gasteiger partial charge in [0.25, 0.3) is 0 Å². The lowest BCUT2D eigenvalue weighted by molar-refractivity contribution is -0.124. The average molecular weight is 290 g/mol. The quantitative estimate of drug-likeness (QED) is 0.888. The van der Waals surface area contributed by atoms with Gasteiger partial charge in [-0.15, -0.1) is 0 Å². The Labute approximate surface area is 121 Å². The molecule has 21 heavy (non-hydrogen) atoms. The van der Waals surface area contributed by atoms with E-state index in [2.05, 4.69) is 5.32 Å². The van der Waals surface area contributed by atoms with Gasteiger partial charge in [0, 0.05) is 12.1 Å². The summed E-state index contributed by atoms with van der Waals surface area (Å²) in [6, 6.07) is 12.2. The van der Waals surface area contributed by atoms with Gasteiger partial charge in [0.2, 0.25) is 5.91 Å².